The van der Waals surface area contributed by atoms with Crippen molar-refractivity contribution in [3.63, 3.8) is 0 Å². The van der Waals surface area contributed by atoms with E-state index in [9.17, 15) is 14.7 Å². The lowest BCUT2D eigenvalue weighted by atomic mass is 9.82. The number of amides is 1. The lowest BCUT2D eigenvalue weighted by Crippen LogP contribution is -2.41. The van der Waals surface area contributed by atoms with Crippen LogP contribution in [0, 0.1) is 25.7 Å². The van der Waals surface area contributed by atoms with E-state index in [-0.39, 0.29) is 5.91 Å². The Bertz CT molecular complexity index is 543. The molecule has 2 rings (SSSR count). The van der Waals surface area contributed by atoms with Gasteiger partial charge in [0, 0.05) is 17.6 Å². The Morgan fingerprint density at radius 3 is 2.20 bits per heavy atom. The van der Waals surface area contributed by atoms with Crippen molar-refractivity contribution in [1.82, 2.24) is 0 Å². The van der Waals surface area contributed by atoms with Crippen molar-refractivity contribution in [3.05, 3.63) is 41.5 Å². The number of anilines is 1. The normalized spacial score (nSPS) is 21.5. The second-order valence-electron chi connectivity index (χ2n) is 5.23. The quantitative estimate of drug-likeness (QED) is 0.849. The van der Waals surface area contributed by atoms with Crippen molar-refractivity contribution < 1.29 is 14.7 Å². The minimum absolute atomic E-state index is 0.249. The Balaban J connectivity index is 2.19. The maximum absolute atomic E-state index is 12.4. The molecule has 2 atom stereocenters. The van der Waals surface area contributed by atoms with Crippen molar-refractivity contribution in [2.45, 2.75) is 26.7 Å². The number of carbonyl (C=O) groups is 2. The van der Waals surface area contributed by atoms with Gasteiger partial charge in [0.1, 0.15) is 0 Å². The molecule has 1 aromatic carbocycles. The van der Waals surface area contributed by atoms with Crippen LogP contribution in [0.4, 0.5) is 5.69 Å². The van der Waals surface area contributed by atoms with E-state index in [2.05, 4.69) is 5.32 Å². The highest BCUT2D eigenvalue weighted by atomic mass is 16.4. The zero-order chi connectivity index (χ0) is 14.7. The number of carboxylic acid groups (broad SMARTS) is 1. The minimum atomic E-state index is -1.16. The molecular formula is C16H18NO3-. The second kappa shape index (κ2) is 5.90. The molecule has 1 aliphatic rings. The summed E-state index contributed by atoms with van der Waals surface area (Å²) in [6.07, 6.45) is 4.44. The zero-order valence-corrected chi connectivity index (χ0v) is 11.7. The average molecular weight is 272 g/mol. The Labute approximate surface area is 118 Å². The summed E-state index contributed by atoms with van der Waals surface area (Å²) in [6, 6.07) is 5.76. The van der Waals surface area contributed by atoms with E-state index in [1.165, 1.54) is 0 Å². The van der Waals surface area contributed by atoms with Gasteiger partial charge in [0.25, 0.3) is 0 Å². The smallest absolute Gasteiger partial charge is 0.228 e. The molecule has 0 aliphatic heterocycles. The molecule has 0 spiro atoms. The van der Waals surface area contributed by atoms with E-state index >= 15 is 0 Å². The van der Waals surface area contributed by atoms with Crippen LogP contribution in [0.25, 0.3) is 0 Å². The molecule has 0 unspecified atom stereocenters. The first kappa shape index (κ1) is 14.3. The summed E-state index contributed by atoms with van der Waals surface area (Å²) in [7, 11) is 0. The third-order valence-electron chi connectivity index (χ3n) is 3.80. The number of para-hydroxylation sites is 1. The average Bonchev–Trinajstić information content (AvgIpc) is 2.43. The number of benzene rings is 1. The van der Waals surface area contributed by atoms with Crippen LogP contribution in [0.2, 0.25) is 0 Å². The number of aliphatic carboxylic acids is 1. The van der Waals surface area contributed by atoms with E-state index in [4.69, 9.17) is 0 Å². The molecule has 20 heavy (non-hydrogen) atoms. The van der Waals surface area contributed by atoms with Crippen LogP contribution < -0.4 is 10.4 Å². The lowest BCUT2D eigenvalue weighted by Gasteiger charge is -2.28. The molecule has 1 aliphatic carbocycles. The van der Waals surface area contributed by atoms with Gasteiger partial charge in [0.15, 0.2) is 0 Å². The predicted octanol–water partition coefficient (Wildman–Crippen LogP) is 1.57. The van der Waals surface area contributed by atoms with Gasteiger partial charge in [-0.05, 0) is 37.8 Å². The fourth-order valence-electron chi connectivity index (χ4n) is 2.59. The van der Waals surface area contributed by atoms with Crippen molar-refractivity contribution in [3.8, 4) is 0 Å². The molecule has 1 aromatic rings. The fraction of sp³-hybridized carbons (Fsp3) is 0.375. The van der Waals surface area contributed by atoms with E-state index < -0.39 is 17.8 Å². The van der Waals surface area contributed by atoms with Gasteiger partial charge in [-0.2, -0.15) is 0 Å². The summed E-state index contributed by atoms with van der Waals surface area (Å²) >= 11 is 0. The third kappa shape index (κ3) is 2.90. The topological polar surface area (TPSA) is 69.2 Å². The maximum Gasteiger partial charge on any atom is 0.228 e. The lowest BCUT2D eigenvalue weighted by molar-refractivity contribution is -0.313. The molecule has 0 bridgehead atoms. The van der Waals surface area contributed by atoms with Crippen LogP contribution in [-0.4, -0.2) is 11.9 Å². The SMILES string of the molecule is Cc1cccc(C)c1NC(=O)[C@@H]1CC=CC[C@@H]1C(=O)[O-]. The number of carbonyl (C=O) groups excluding carboxylic acids is 2. The van der Waals surface area contributed by atoms with Crippen molar-refractivity contribution in [2.24, 2.45) is 11.8 Å². The van der Waals surface area contributed by atoms with Crippen molar-refractivity contribution in [1.29, 1.82) is 0 Å². The Morgan fingerprint density at radius 2 is 1.65 bits per heavy atom. The number of nitrogens with one attached hydrogen (secondary N) is 1. The van der Waals surface area contributed by atoms with Crippen molar-refractivity contribution >= 4 is 17.6 Å². The molecule has 0 heterocycles. The van der Waals surface area contributed by atoms with Crippen molar-refractivity contribution in [2.75, 3.05) is 5.32 Å². The highest BCUT2D eigenvalue weighted by Crippen LogP contribution is 2.28. The molecule has 0 saturated carbocycles. The summed E-state index contributed by atoms with van der Waals surface area (Å²) in [4.78, 5) is 23.5. The second-order valence-corrected chi connectivity index (χ2v) is 5.23. The highest BCUT2D eigenvalue weighted by Gasteiger charge is 2.30. The fourth-order valence-corrected chi connectivity index (χ4v) is 2.59. The summed E-state index contributed by atoms with van der Waals surface area (Å²) in [5, 5.41) is 14.0. The first-order valence-corrected chi connectivity index (χ1v) is 6.73. The number of rotatable bonds is 3. The van der Waals surface area contributed by atoms with Gasteiger partial charge in [0.05, 0.1) is 5.92 Å². The summed E-state index contributed by atoms with van der Waals surface area (Å²) in [5.74, 6) is -2.72. The summed E-state index contributed by atoms with van der Waals surface area (Å²) in [6.45, 7) is 3.83. The van der Waals surface area contributed by atoms with Gasteiger partial charge in [-0.1, -0.05) is 30.4 Å². The predicted molar refractivity (Wildman–Crippen MR) is 74.9 cm³/mol. The largest absolute Gasteiger partial charge is 0.550 e. The first-order valence-electron chi connectivity index (χ1n) is 6.73. The van der Waals surface area contributed by atoms with Gasteiger partial charge in [-0.25, -0.2) is 0 Å². The molecule has 1 amide bonds. The standard InChI is InChI=1S/C16H19NO3/c1-10-6-5-7-11(2)14(10)17-15(18)12-8-3-4-9-13(12)16(19)20/h3-7,12-13H,8-9H2,1-2H3,(H,17,18)(H,19,20)/p-1/t12-,13+/m1/s1. The van der Waals surface area contributed by atoms with Crippen LogP contribution in [0.1, 0.15) is 24.0 Å². The number of hydrogen-bond donors (Lipinski definition) is 1. The highest BCUT2D eigenvalue weighted by molar-refractivity contribution is 5.96. The third-order valence-corrected chi connectivity index (χ3v) is 3.80. The Morgan fingerprint density at radius 1 is 1.10 bits per heavy atom. The van der Waals surface area contributed by atoms with E-state index in [1.807, 2.05) is 38.1 Å². The first-order chi connectivity index (χ1) is 9.50. The molecule has 0 saturated heterocycles. The van der Waals surface area contributed by atoms with Crippen LogP contribution in [-0.2, 0) is 9.59 Å². The van der Waals surface area contributed by atoms with E-state index in [1.54, 1.807) is 6.08 Å². The van der Waals surface area contributed by atoms with Gasteiger partial charge < -0.3 is 15.2 Å². The van der Waals surface area contributed by atoms with Crippen LogP contribution >= 0.6 is 0 Å². The van der Waals surface area contributed by atoms with Crippen LogP contribution in [0.5, 0.6) is 0 Å². The molecule has 1 N–H and O–H groups in total. The van der Waals surface area contributed by atoms with Gasteiger partial charge in [-0.3, -0.25) is 4.79 Å². The molecule has 4 nitrogen and oxygen atoms in total. The monoisotopic (exact) mass is 272 g/mol. The Hall–Kier alpha value is -2.10. The molecule has 0 radical (unpaired) electrons. The Kier molecular flexibility index (Phi) is 4.23. The summed E-state index contributed by atoms with van der Waals surface area (Å²) < 4.78 is 0. The number of hydrogen-bond acceptors (Lipinski definition) is 3. The van der Waals surface area contributed by atoms with E-state index in [0.717, 1.165) is 16.8 Å². The minimum Gasteiger partial charge on any atom is -0.550 e. The van der Waals surface area contributed by atoms with Crippen LogP contribution in [0.15, 0.2) is 30.4 Å². The van der Waals surface area contributed by atoms with E-state index in [0.29, 0.717) is 12.8 Å². The number of allylic oxidation sites excluding steroid dienone is 2. The number of carboxylic acids is 1. The van der Waals surface area contributed by atoms with Gasteiger partial charge >= 0.3 is 0 Å². The maximum atomic E-state index is 12.4. The van der Waals surface area contributed by atoms with Gasteiger partial charge in [-0.15, -0.1) is 0 Å². The molecular weight excluding hydrogens is 254 g/mol. The number of aryl methyl sites for hydroxylation is 2. The molecule has 4 heteroatoms. The molecule has 0 aromatic heterocycles. The van der Waals surface area contributed by atoms with Gasteiger partial charge in [0.2, 0.25) is 5.91 Å². The van der Waals surface area contributed by atoms with Crippen LogP contribution in [0.3, 0.4) is 0 Å². The molecule has 0 fully saturated rings. The molecule has 106 valence electrons. The zero-order valence-electron chi connectivity index (χ0n) is 11.7. The summed E-state index contributed by atoms with van der Waals surface area (Å²) in [5.41, 5.74) is 2.70.